The summed E-state index contributed by atoms with van der Waals surface area (Å²) in [7, 11) is 0. The Morgan fingerprint density at radius 3 is 2.72 bits per heavy atom. The van der Waals surface area contributed by atoms with E-state index < -0.39 is 41.5 Å². The standard InChI is InChI=1S/C16H20FN3O5/c1-16(2,3)25-15(23)19-9(13(18)21)7-11-14(22)20-12-8(17)5-4-6-10(12)24-11/h4-6,9,11H,7H2,1-3H3,(H2,18,21)(H,19,23)(H,20,22)/t9-,11-/m0/s1. The van der Waals surface area contributed by atoms with Gasteiger partial charge >= 0.3 is 6.09 Å². The molecular formula is C16H20FN3O5. The summed E-state index contributed by atoms with van der Waals surface area (Å²) in [6, 6.07) is 2.89. The summed E-state index contributed by atoms with van der Waals surface area (Å²) in [6.45, 7) is 4.99. The number of para-hydroxylation sites is 1. The number of carbonyl (C=O) groups excluding carboxylic acids is 3. The molecule has 8 nitrogen and oxygen atoms in total. The lowest BCUT2D eigenvalue weighted by Gasteiger charge is -2.28. The topological polar surface area (TPSA) is 120 Å². The molecule has 0 aliphatic carbocycles. The molecule has 1 aliphatic rings. The number of rotatable bonds is 4. The van der Waals surface area contributed by atoms with Crippen molar-refractivity contribution in [1.29, 1.82) is 0 Å². The Morgan fingerprint density at radius 1 is 1.44 bits per heavy atom. The zero-order valence-electron chi connectivity index (χ0n) is 14.1. The van der Waals surface area contributed by atoms with E-state index >= 15 is 0 Å². The highest BCUT2D eigenvalue weighted by Crippen LogP contribution is 2.32. The molecule has 1 heterocycles. The number of fused-ring (bicyclic) bond motifs is 1. The maximum absolute atomic E-state index is 13.6. The molecular weight excluding hydrogens is 333 g/mol. The van der Waals surface area contributed by atoms with Crippen molar-refractivity contribution in [1.82, 2.24) is 5.32 Å². The van der Waals surface area contributed by atoms with Crippen molar-refractivity contribution in [2.24, 2.45) is 5.73 Å². The first kappa shape index (κ1) is 18.5. The van der Waals surface area contributed by atoms with Gasteiger partial charge in [0.25, 0.3) is 5.91 Å². The average molecular weight is 353 g/mol. The summed E-state index contributed by atoms with van der Waals surface area (Å²) in [6.07, 6.45) is -2.20. The van der Waals surface area contributed by atoms with Crippen molar-refractivity contribution in [2.45, 2.75) is 44.9 Å². The van der Waals surface area contributed by atoms with Crippen molar-refractivity contribution in [3.8, 4) is 5.75 Å². The van der Waals surface area contributed by atoms with Crippen molar-refractivity contribution >= 4 is 23.6 Å². The second-order valence-corrected chi connectivity index (χ2v) is 6.55. The minimum absolute atomic E-state index is 0.0699. The van der Waals surface area contributed by atoms with E-state index in [1.165, 1.54) is 18.2 Å². The molecule has 0 saturated carbocycles. The van der Waals surface area contributed by atoms with E-state index in [2.05, 4.69) is 10.6 Å². The first-order valence-electron chi connectivity index (χ1n) is 7.61. The third-order valence-electron chi connectivity index (χ3n) is 3.27. The number of primary amides is 1. The Hall–Kier alpha value is -2.84. The van der Waals surface area contributed by atoms with Crippen molar-refractivity contribution in [3.05, 3.63) is 24.0 Å². The minimum atomic E-state index is -1.19. The predicted molar refractivity (Wildman–Crippen MR) is 86.4 cm³/mol. The molecule has 1 aromatic carbocycles. The number of hydrogen-bond donors (Lipinski definition) is 3. The molecule has 3 amide bonds. The van der Waals surface area contributed by atoms with Gasteiger partial charge in [-0.25, -0.2) is 9.18 Å². The predicted octanol–water partition coefficient (Wildman–Crippen LogP) is 1.29. The fraction of sp³-hybridized carbons (Fsp3) is 0.438. The summed E-state index contributed by atoms with van der Waals surface area (Å²) in [5.74, 6) is -2.00. The molecule has 2 rings (SSSR count). The Balaban J connectivity index is 2.08. The fourth-order valence-corrected chi connectivity index (χ4v) is 2.20. The molecule has 2 atom stereocenters. The Morgan fingerprint density at radius 2 is 2.12 bits per heavy atom. The molecule has 0 saturated heterocycles. The number of nitrogens with two attached hydrogens (primary N) is 1. The Labute approximate surface area is 143 Å². The van der Waals surface area contributed by atoms with Crippen LogP contribution in [0.25, 0.3) is 0 Å². The van der Waals surface area contributed by atoms with Crippen LogP contribution in [0.1, 0.15) is 27.2 Å². The number of halogens is 1. The van der Waals surface area contributed by atoms with Crippen LogP contribution in [0, 0.1) is 5.82 Å². The van der Waals surface area contributed by atoms with E-state index in [-0.39, 0.29) is 17.9 Å². The SMILES string of the molecule is CC(C)(C)OC(=O)N[C@@H](C[C@@H]1Oc2cccc(F)c2NC1=O)C(N)=O. The molecule has 0 radical (unpaired) electrons. The van der Waals surface area contributed by atoms with Crippen molar-refractivity contribution in [3.63, 3.8) is 0 Å². The third kappa shape index (κ3) is 4.82. The van der Waals surface area contributed by atoms with Gasteiger partial charge in [0.2, 0.25) is 5.91 Å². The van der Waals surface area contributed by atoms with E-state index in [9.17, 15) is 18.8 Å². The lowest BCUT2D eigenvalue weighted by molar-refractivity contribution is -0.125. The highest BCUT2D eigenvalue weighted by Gasteiger charge is 2.34. The van der Waals surface area contributed by atoms with Gasteiger partial charge in [0.1, 0.15) is 23.1 Å². The van der Waals surface area contributed by atoms with Crippen molar-refractivity contribution in [2.75, 3.05) is 5.32 Å². The van der Waals surface area contributed by atoms with Crippen LogP contribution in [0.15, 0.2) is 18.2 Å². The van der Waals surface area contributed by atoms with Crippen LogP contribution in [0.2, 0.25) is 0 Å². The zero-order chi connectivity index (χ0) is 18.8. The molecule has 0 unspecified atom stereocenters. The summed E-state index contributed by atoms with van der Waals surface area (Å²) >= 11 is 0. The number of amides is 3. The maximum atomic E-state index is 13.6. The molecule has 1 aliphatic heterocycles. The van der Waals surface area contributed by atoms with Crippen LogP contribution in [0.5, 0.6) is 5.75 Å². The number of ether oxygens (including phenoxy) is 2. The number of hydrogen-bond acceptors (Lipinski definition) is 5. The molecule has 0 spiro atoms. The monoisotopic (exact) mass is 353 g/mol. The molecule has 0 aromatic heterocycles. The number of alkyl carbamates (subject to hydrolysis) is 1. The summed E-state index contributed by atoms with van der Waals surface area (Å²) in [4.78, 5) is 35.5. The molecule has 25 heavy (non-hydrogen) atoms. The zero-order valence-corrected chi connectivity index (χ0v) is 14.1. The van der Waals surface area contributed by atoms with Crippen LogP contribution in [0.4, 0.5) is 14.9 Å². The van der Waals surface area contributed by atoms with E-state index in [1.54, 1.807) is 20.8 Å². The fourth-order valence-electron chi connectivity index (χ4n) is 2.20. The second-order valence-electron chi connectivity index (χ2n) is 6.55. The largest absolute Gasteiger partial charge is 0.478 e. The van der Waals surface area contributed by atoms with Crippen LogP contribution in [0.3, 0.4) is 0 Å². The van der Waals surface area contributed by atoms with Crippen LogP contribution >= 0.6 is 0 Å². The number of nitrogens with one attached hydrogen (secondary N) is 2. The van der Waals surface area contributed by atoms with Gasteiger partial charge in [0.15, 0.2) is 11.9 Å². The van der Waals surface area contributed by atoms with E-state index in [4.69, 9.17) is 15.2 Å². The molecule has 4 N–H and O–H groups in total. The highest BCUT2D eigenvalue weighted by molar-refractivity contribution is 5.98. The molecule has 9 heteroatoms. The molecule has 0 fully saturated rings. The summed E-state index contributed by atoms with van der Waals surface area (Å²) < 4.78 is 24.1. The van der Waals surface area contributed by atoms with Crippen LogP contribution < -0.4 is 21.1 Å². The smallest absolute Gasteiger partial charge is 0.408 e. The molecule has 0 bridgehead atoms. The van der Waals surface area contributed by atoms with Gasteiger partial charge in [-0.05, 0) is 32.9 Å². The summed E-state index contributed by atoms with van der Waals surface area (Å²) in [5.41, 5.74) is 4.44. The van der Waals surface area contributed by atoms with Gasteiger partial charge in [0, 0.05) is 6.42 Å². The lowest BCUT2D eigenvalue weighted by atomic mass is 10.1. The van der Waals surface area contributed by atoms with E-state index in [0.717, 1.165) is 0 Å². The summed E-state index contributed by atoms with van der Waals surface area (Å²) in [5, 5.41) is 4.69. The second kappa shape index (κ2) is 6.96. The van der Waals surface area contributed by atoms with E-state index in [1.807, 2.05) is 0 Å². The normalized spacial score (nSPS) is 17.6. The van der Waals surface area contributed by atoms with Gasteiger partial charge in [0.05, 0.1) is 0 Å². The Bertz CT molecular complexity index is 702. The number of carbonyl (C=O) groups is 3. The quantitative estimate of drug-likeness (QED) is 0.753. The van der Waals surface area contributed by atoms with Gasteiger partial charge in [-0.1, -0.05) is 6.07 Å². The first-order valence-corrected chi connectivity index (χ1v) is 7.61. The van der Waals surface area contributed by atoms with Crippen LogP contribution in [-0.2, 0) is 14.3 Å². The minimum Gasteiger partial charge on any atom is -0.478 e. The van der Waals surface area contributed by atoms with E-state index in [0.29, 0.717) is 0 Å². The molecule has 1 aromatic rings. The van der Waals surface area contributed by atoms with Crippen molar-refractivity contribution < 1.29 is 28.2 Å². The van der Waals surface area contributed by atoms with Crippen LogP contribution in [-0.4, -0.2) is 35.7 Å². The maximum Gasteiger partial charge on any atom is 0.408 e. The van der Waals surface area contributed by atoms with Gasteiger partial charge in [-0.15, -0.1) is 0 Å². The van der Waals surface area contributed by atoms with Gasteiger partial charge in [-0.3, -0.25) is 9.59 Å². The first-order chi connectivity index (χ1) is 11.6. The molecule has 136 valence electrons. The Kier molecular flexibility index (Phi) is 5.15. The lowest BCUT2D eigenvalue weighted by Crippen LogP contribution is -2.51. The van der Waals surface area contributed by atoms with Gasteiger partial charge < -0.3 is 25.8 Å². The van der Waals surface area contributed by atoms with Gasteiger partial charge in [-0.2, -0.15) is 0 Å². The number of benzene rings is 1. The number of anilines is 1. The third-order valence-corrected chi connectivity index (χ3v) is 3.27. The highest BCUT2D eigenvalue weighted by atomic mass is 19.1. The average Bonchev–Trinajstić information content (AvgIpc) is 2.46.